The molecule has 6 nitrogen and oxygen atoms in total. The van der Waals surface area contributed by atoms with E-state index in [2.05, 4.69) is 10.1 Å². The maximum atomic E-state index is 13.0. The van der Waals surface area contributed by atoms with Crippen molar-refractivity contribution in [1.29, 1.82) is 0 Å². The predicted molar refractivity (Wildman–Crippen MR) is 117 cm³/mol. The van der Waals surface area contributed by atoms with Crippen molar-refractivity contribution in [3.8, 4) is 0 Å². The topological polar surface area (TPSA) is 71.0 Å². The molecular formula is C23H24N4O2. The molecule has 2 aromatic heterocycles. The van der Waals surface area contributed by atoms with Gasteiger partial charge in [-0.3, -0.25) is 9.59 Å². The van der Waals surface area contributed by atoms with Crippen LogP contribution < -0.4 is 10.5 Å². The number of anilines is 1. The van der Waals surface area contributed by atoms with Crippen molar-refractivity contribution >= 4 is 33.4 Å². The van der Waals surface area contributed by atoms with Gasteiger partial charge < -0.3 is 9.88 Å². The zero-order valence-electron chi connectivity index (χ0n) is 17.1. The Bertz CT molecular complexity index is 1300. The molecule has 0 bridgehead atoms. The number of amides is 1. The molecule has 1 amide bonds. The third kappa shape index (κ3) is 3.31. The fourth-order valence-corrected chi connectivity index (χ4v) is 3.76. The summed E-state index contributed by atoms with van der Waals surface area (Å²) < 4.78 is 1.24. The first-order valence-electron chi connectivity index (χ1n) is 9.75. The van der Waals surface area contributed by atoms with E-state index < -0.39 is 0 Å². The maximum absolute atomic E-state index is 13.0. The van der Waals surface area contributed by atoms with E-state index >= 15 is 0 Å². The van der Waals surface area contributed by atoms with Crippen LogP contribution in [0.3, 0.4) is 0 Å². The van der Waals surface area contributed by atoms with Crippen LogP contribution in [0.1, 0.15) is 23.6 Å². The van der Waals surface area contributed by atoms with Crippen molar-refractivity contribution in [2.75, 3.05) is 11.4 Å². The quantitative estimate of drug-likeness (QED) is 0.577. The van der Waals surface area contributed by atoms with Crippen LogP contribution >= 0.6 is 0 Å². The molecule has 2 heterocycles. The Balaban J connectivity index is 1.72. The van der Waals surface area contributed by atoms with Crippen molar-refractivity contribution in [3.05, 3.63) is 69.6 Å². The number of likely N-dealkylation sites (N-methyl/N-ethyl adjacent to an activating group) is 1. The lowest BCUT2D eigenvalue weighted by atomic mass is 10.1. The number of carbonyl (C=O) groups excluding carboxylic acids is 1. The third-order valence-electron chi connectivity index (χ3n) is 5.33. The van der Waals surface area contributed by atoms with Gasteiger partial charge in [-0.1, -0.05) is 23.8 Å². The van der Waals surface area contributed by atoms with Gasteiger partial charge in [0.25, 0.3) is 5.56 Å². The number of nitrogens with zero attached hydrogens (tertiary/aromatic N) is 3. The average Bonchev–Trinajstić information content (AvgIpc) is 3.06. The van der Waals surface area contributed by atoms with E-state index in [0.29, 0.717) is 12.1 Å². The molecule has 1 N–H and O–H groups in total. The Labute approximate surface area is 168 Å². The molecule has 0 aliphatic heterocycles. The largest absolute Gasteiger partial charge is 0.350 e. The second-order valence-corrected chi connectivity index (χ2v) is 7.50. The van der Waals surface area contributed by atoms with Crippen LogP contribution in [0, 0.1) is 20.8 Å². The number of H-pyrrole nitrogens is 1. The zero-order chi connectivity index (χ0) is 20.7. The summed E-state index contributed by atoms with van der Waals surface area (Å²) >= 11 is 0. The lowest BCUT2D eigenvalue weighted by molar-refractivity contribution is -0.119. The molecule has 0 saturated carbocycles. The van der Waals surface area contributed by atoms with Crippen LogP contribution in [0.4, 0.5) is 5.69 Å². The molecule has 4 rings (SSSR count). The summed E-state index contributed by atoms with van der Waals surface area (Å²) in [6, 6.07) is 12.0. The van der Waals surface area contributed by atoms with Gasteiger partial charge in [-0.15, -0.1) is 0 Å². The van der Waals surface area contributed by atoms with Crippen molar-refractivity contribution in [2.45, 2.75) is 34.2 Å². The SMILES string of the molecule is CCN(C(=O)Cn1ncc2c([nH]c3ccc(C)cc32)c1=O)c1cc(C)ccc1C. The van der Waals surface area contributed by atoms with Gasteiger partial charge in [0.2, 0.25) is 5.91 Å². The second kappa shape index (κ2) is 7.20. The van der Waals surface area contributed by atoms with Gasteiger partial charge >= 0.3 is 0 Å². The fraction of sp³-hybridized carbons (Fsp3) is 0.261. The van der Waals surface area contributed by atoms with E-state index in [0.717, 1.165) is 38.7 Å². The molecule has 148 valence electrons. The lowest BCUT2D eigenvalue weighted by Crippen LogP contribution is -2.37. The highest BCUT2D eigenvalue weighted by atomic mass is 16.2. The molecule has 29 heavy (non-hydrogen) atoms. The van der Waals surface area contributed by atoms with Gasteiger partial charge in [0.05, 0.1) is 6.20 Å². The number of fused-ring (bicyclic) bond motifs is 3. The summed E-state index contributed by atoms with van der Waals surface area (Å²) in [5.74, 6) is -0.165. The second-order valence-electron chi connectivity index (χ2n) is 7.50. The van der Waals surface area contributed by atoms with E-state index in [1.165, 1.54) is 4.68 Å². The standard InChI is InChI=1S/C23H24N4O2/c1-5-26(20-11-15(3)6-8-16(20)4)21(28)13-27-23(29)22-18(12-24-27)17-10-14(2)7-9-19(17)25-22/h6-12,25H,5,13H2,1-4H3. The molecule has 0 radical (unpaired) electrons. The molecule has 0 spiro atoms. The third-order valence-corrected chi connectivity index (χ3v) is 5.33. The normalized spacial score (nSPS) is 11.3. The van der Waals surface area contributed by atoms with Crippen LogP contribution in [0.25, 0.3) is 21.8 Å². The first kappa shape index (κ1) is 18.9. The summed E-state index contributed by atoms with van der Waals surface area (Å²) in [5, 5.41) is 6.03. The molecule has 0 unspecified atom stereocenters. The number of benzene rings is 2. The zero-order valence-corrected chi connectivity index (χ0v) is 17.1. The van der Waals surface area contributed by atoms with Crippen LogP contribution in [0.15, 0.2) is 47.4 Å². The van der Waals surface area contributed by atoms with E-state index in [1.54, 1.807) is 11.1 Å². The highest BCUT2D eigenvalue weighted by molar-refractivity contribution is 6.06. The summed E-state index contributed by atoms with van der Waals surface area (Å²) in [7, 11) is 0. The summed E-state index contributed by atoms with van der Waals surface area (Å²) in [6.07, 6.45) is 1.66. The number of hydrogen-bond acceptors (Lipinski definition) is 3. The van der Waals surface area contributed by atoms with Gasteiger partial charge in [0.1, 0.15) is 12.1 Å². The van der Waals surface area contributed by atoms with Gasteiger partial charge in [0, 0.05) is 28.5 Å². The number of rotatable bonds is 4. The summed E-state index contributed by atoms with van der Waals surface area (Å²) in [6.45, 7) is 8.33. The number of hydrogen-bond donors (Lipinski definition) is 1. The van der Waals surface area contributed by atoms with Crippen molar-refractivity contribution in [3.63, 3.8) is 0 Å². The van der Waals surface area contributed by atoms with Crippen LogP contribution in [0.5, 0.6) is 0 Å². The van der Waals surface area contributed by atoms with E-state index in [4.69, 9.17) is 0 Å². The molecule has 0 aliphatic rings. The van der Waals surface area contributed by atoms with E-state index in [9.17, 15) is 9.59 Å². The van der Waals surface area contributed by atoms with Crippen molar-refractivity contribution < 1.29 is 4.79 Å². The smallest absolute Gasteiger partial charge is 0.291 e. The minimum absolute atomic E-state index is 0.107. The van der Waals surface area contributed by atoms with Gasteiger partial charge in [0.15, 0.2) is 0 Å². The number of nitrogens with one attached hydrogen (secondary N) is 1. The number of aromatic amines is 1. The first-order valence-corrected chi connectivity index (χ1v) is 9.75. The van der Waals surface area contributed by atoms with E-state index in [1.807, 2.05) is 64.1 Å². The first-order chi connectivity index (χ1) is 13.9. The van der Waals surface area contributed by atoms with Crippen molar-refractivity contribution in [1.82, 2.24) is 14.8 Å². The molecule has 0 atom stereocenters. The Morgan fingerprint density at radius 2 is 1.79 bits per heavy atom. The van der Waals surface area contributed by atoms with Crippen LogP contribution in [0.2, 0.25) is 0 Å². The predicted octanol–water partition coefficient (Wildman–Crippen LogP) is 3.86. The average molecular weight is 388 g/mol. The molecule has 0 saturated heterocycles. The molecule has 0 aliphatic carbocycles. The van der Waals surface area contributed by atoms with Gasteiger partial charge in [-0.05, 0) is 57.0 Å². The number of aromatic nitrogens is 3. The Hall–Kier alpha value is -3.41. The minimum atomic E-state index is -0.290. The minimum Gasteiger partial charge on any atom is -0.350 e. The lowest BCUT2D eigenvalue weighted by Gasteiger charge is -2.23. The molecular weight excluding hydrogens is 364 g/mol. The van der Waals surface area contributed by atoms with Crippen LogP contribution in [-0.2, 0) is 11.3 Å². The monoisotopic (exact) mass is 388 g/mol. The molecule has 6 heteroatoms. The van der Waals surface area contributed by atoms with Gasteiger partial charge in [-0.25, -0.2) is 4.68 Å². The molecule has 0 fully saturated rings. The summed E-state index contributed by atoms with van der Waals surface area (Å²) in [4.78, 5) is 30.9. The van der Waals surface area contributed by atoms with Crippen LogP contribution in [-0.4, -0.2) is 27.2 Å². The maximum Gasteiger partial charge on any atom is 0.291 e. The Kier molecular flexibility index (Phi) is 4.70. The van der Waals surface area contributed by atoms with Gasteiger partial charge in [-0.2, -0.15) is 5.10 Å². The highest BCUT2D eigenvalue weighted by Gasteiger charge is 2.19. The fourth-order valence-electron chi connectivity index (χ4n) is 3.76. The number of aryl methyl sites for hydroxylation is 3. The Morgan fingerprint density at radius 3 is 2.55 bits per heavy atom. The molecule has 2 aromatic carbocycles. The molecule has 4 aromatic rings. The number of carbonyl (C=O) groups is 1. The van der Waals surface area contributed by atoms with E-state index in [-0.39, 0.29) is 18.0 Å². The summed E-state index contributed by atoms with van der Waals surface area (Å²) in [5.41, 5.74) is 5.16. The van der Waals surface area contributed by atoms with Crippen molar-refractivity contribution in [2.24, 2.45) is 0 Å². The highest BCUT2D eigenvalue weighted by Crippen LogP contribution is 2.24. The Morgan fingerprint density at radius 1 is 1.07 bits per heavy atom.